The molecule has 1 N–H and O–H groups in total. The van der Waals surface area contributed by atoms with Crippen LogP contribution >= 0.6 is 11.8 Å². The maximum absolute atomic E-state index is 12.4. The predicted molar refractivity (Wildman–Crippen MR) is 75.8 cm³/mol. The molecule has 1 amide bonds. The lowest BCUT2D eigenvalue weighted by Crippen LogP contribution is -2.42. The summed E-state index contributed by atoms with van der Waals surface area (Å²) in [7, 11) is 0. The van der Waals surface area contributed by atoms with Gasteiger partial charge in [0.05, 0.1) is 6.04 Å². The molecule has 4 heteroatoms. The Morgan fingerprint density at radius 2 is 2.11 bits per heavy atom. The lowest BCUT2D eigenvalue weighted by atomic mass is 10.2. The molecule has 3 unspecified atom stereocenters. The van der Waals surface area contributed by atoms with E-state index in [0.29, 0.717) is 18.0 Å². The molecule has 3 nitrogen and oxygen atoms in total. The summed E-state index contributed by atoms with van der Waals surface area (Å²) in [6, 6.07) is 1.31. The molecule has 0 radical (unpaired) electrons. The first-order valence-corrected chi connectivity index (χ1v) is 8.51. The van der Waals surface area contributed by atoms with Crippen LogP contribution in [0.2, 0.25) is 0 Å². The van der Waals surface area contributed by atoms with Gasteiger partial charge in [-0.05, 0) is 44.3 Å². The number of thioether (sulfide) groups is 1. The summed E-state index contributed by atoms with van der Waals surface area (Å²) in [5, 5.41) is 4.29. The second-order valence-corrected chi connectivity index (χ2v) is 7.44. The number of hydrogen-bond donors (Lipinski definition) is 1. The van der Waals surface area contributed by atoms with Crippen molar-refractivity contribution in [1.82, 2.24) is 10.2 Å². The zero-order valence-electron chi connectivity index (χ0n) is 11.2. The molecule has 1 heterocycles. The number of hydrogen-bond acceptors (Lipinski definition) is 3. The minimum atomic E-state index is 0.135. The van der Waals surface area contributed by atoms with Crippen molar-refractivity contribution >= 4 is 17.7 Å². The molecule has 18 heavy (non-hydrogen) atoms. The van der Waals surface area contributed by atoms with E-state index >= 15 is 0 Å². The Kier molecular flexibility index (Phi) is 3.85. The van der Waals surface area contributed by atoms with Gasteiger partial charge in [0.2, 0.25) is 5.91 Å². The normalized spacial score (nSPS) is 36.6. The van der Waals surface area contributed by atoms with Gasteiger partial charge < -0.3 is 10.2 Å². The van der Waals surface area contributed by atoms with Crippen molar-refractivity contribution in [2.45, 2.75) is 68.8 Å². The topological polar surface area (TPSA) is 32.3 Å². The number of carbonyl (C=O) groups excluding carboxylic acids is 1. The van der Waals surface area contributed by atoms with E-state index in [1.807, 2.05) is 0 Å². The van der Waals surface area contributed by atoms with E-state index in [0.717, 1.165) is 18.2 Å². The average Bonchev–Trinajstić information content (AvgIpc) is 2.94. The van der Waals surface area contributed by atoms with Gasteiger partial charge in [-0.3, -0.25) is 4.79 Å². The van der Waals surface area contributed by atoms with Crippen LogP contribution in [0.1, 0.15) is 45.4 Å². The predicted octanol–water partition coefficient (Wildman–Crippen LogP) is 2.01. The van der Waals surface area contributed by atoms with Crippen molar-refractivity contribution in [2.24, 2.45) is 0 Å². The summed E-state index contributed by atoms with van der Waals surface area (Å²) in [4.78, 5) is 14.6. The van der Waals surface area contributed by atoms with Gasteiger partial charge in [-0.15, -0.1) is 0 Å². The van der Waals surface area contributed by atoms with Gasteiger partial charge in [0, 0.05) is 23.9 Å². The van der Waals surface area contributed by atoms with Crippen molar-refractivity contribution in [3.8, 4) is 0 Å². The minimum Gasteiger partial charge on any atom is -0.338 e. The van der Waals surface area contributed by atoms with Crippen LogP contribution in [0.15, 0.2) is 0 Å². The Bertz CT molecular complexity index is 319. The van der Waals surface area contributed by atoms with Crippen LogP contribution in [0.4, 0.5) is 0 Å². The highest BCUT2D eigenvalue weighted by Crippen LogP contribution is 2.34. The molecule has 0 aromatic heterocycles. The molecule has 3 fully saturated rings. The van der Waals surface area contributed by atoms with Crippen molar-refractivity contribution in [3.05, 3.63) is 0 Å². The first-order valence-electron chi connectivity index (χ1n) is 7.46. The van der Waals surface area contributed by atoms with Crippen LogP contribution in [-0.4, -0.2) is 46.5 Å². The van der Waals surface area contributed by atoms with Crippen LogP contribution in [0, 0.1) is 0 Å². The Morgan fingerprint density at radius 3 is 2.83 bits per heavy atom. The molecule has 2 aliphatic carbocycles. The van der Waals surface area contributed by atoms with Crippen LogP contribution in [0.3, 0.4) is 0 Å². The van der Waals surface area contributed by atoms with Gasteiger partial charge in [-0.25, -0.2) is 0 Å². The fourth-order valence-corrected chi connectivity index (χ4v) is 4.47. The summed E-state index contributed by atoms with van der Waals surface area (Å²) < 4.78 is 0. The van der Waals surface area contributed by atoms with E-state index in [1.54, 1.807) is 0 Å². The quantitative estimate of drug-likeness (QED) is 0.828. The number of likely N-dealkylation sites (tertiary alicyclic amines) is 1. The molecule has 3 atom stereocenters. The minimum absolute atomic E-state index is 0.135. The Labute approximate surface area is 114 Å². The highest BCUT2D eigenvalue weighted by Gasteiger charge is 2.40. The van der Waals surface area contributed by atoms with Gasteiger partial charge in [-0.2, -0.15) is 11.8 Å². The maximum Gasteiger partial charge on any atom is 0.240 e. The number of carbonyl (C=O) groups is 1. The number of amides is 1. The second kappa shape index (κ2) is 5.41. The first-order chi connectivity index (χ1) is 8.78. The molecular formula is C14H24N2OS. The van der Waals surface area contributed by atoms with Crippen LogP contribution in [0.5, 0.6) is 0 Å². The zero-order chi connectivity index (χ0) is 12.5. The smallest absolute Gasteiger partial charge is 0.240 e. The second-order valence-electron chi connectivity index (χ2n) is 5.86. The monoisotopic (exact) mass is 268 g/mol. The van der Waals surface area contributed by atoms with Gasteiger partial charge >= 0.3 is 0 Å². The maximum atomic E-state index is 12.4. The highest BCUT2D eigenvalue weighted by atomic mass is 32.2. The lowest BCUT2D eigenvalue weighted by Gasteiger charge is -2.24. The molecular weight excluding hydrogens is 244 g/mol. The molecule has 102 valence electrons. The van der Waals surface area contributed by atoms with Gasteiger partial charge in [0.15, 0.2) is 0 Å². The lowest BCUT2D eigenvalue weighted by molar-refractivity contribution is -0.131. The third-order valence-corrected chi connectivity index (χ3v) is 5.69. The largest absolute Gasteiger partial charge is 0.338 e. The fourth-order valence-electron chi connectivity index (χ4n) is 3.34. The number of nitrogens with one attached hydrogen (secondary N) is 1. The molecule has 0 bridgehead atoms. The molecule has 0 aromatic rings. The standard InChI is InChI=1S/C14H24N2OS/c1-2-18-12-6-5-11(9-12)16-8-7-13(14(16)17)15-10-3-4-10/h10-13,15H,2-9H2,1H3. The van der Waals surface area contributed by atoms with Gasteiger partial charge in [-0.1, -0.05) is 6.92 Å². The third kappa shape index (κ3) is 2.69. The summed E-state index contributed by atoms with van der Waals surface area (Å²) in [5.41, 5.74) is 0. The number of rotatable bonds is 5. The molecule has 0 aromatic carbocycles. The van der Waals surface area contributed by atoms with E-state index in [4.69, 9.17) is 0 Å². The van der Waals surface area contributed by atoms with Crippen molar-refractivity contribution in [3.63, 3.8) is 0 Å². The van der Waals surface area contributed by atoms with Gasteiger partial charge in [0.25, 0.3) is 0 Å². The first kappa shape index (κ1) is 12.8. The van der Waals surface area contributed by atoms with E-state index in [1.165, 1.54) is 37.9 Å². The van der Waals surface area contributed by atoms with E-state index < -0.39 is 0 Å². The summed E-state index contributed by atoms with van der Waals surface area (Å²) in [5.74, 6) is 1.59. The highest BCUT2D eigenvalue weighted by molar-refractivity contribution is 7.99. The Morgan fingerprint density at radius 1 is 1.28 bits per heavy atom. The van der Waals surface area contributed by atoms with E-state index in [9.17, 15) is 4.79 Å². The number of nitrogens with zero attached hydrogens (tertiary/aromatic N) is 1. The summed E-state index contributed by atoms with van der Waals surface area (Å²) in [6.07, 6.45) is 7.30. The molecule has 2 saturated carbocycles. The van der Waals surface area contributed by atoms with Crippen molar-refractivity contribution in [2.75, 3.05) is 12.3 Å². The average molecular weight is 268 g/mol. The third-order valence-electron chi connectivity index (χ3n) is 4.45. The van der Waals surface area contributed by atoms with Crippen LogP contribution < -0.4 is 5.32 Å². The van der Waals surface area contributed by atoms with Gasteiger partial charge in [0.1, 0.15) is 0 Å². The fraction of sp³-hybridized carbons (Fsp3) is 0.929. The molecule has 3 rings (SSSR count). The van der Waals surface area contributed by atoms with E-state index in [2.05, 4.69) is 28.9 Å². The van der Waals surface area contributed by atoms with E-state index in [-0.39, 0.29) is 6.04 Å². The summed E-state index contributed by atoms with van der Waals surface area (Å²) in [6.45, 7) is 3.21. The Hall–Kier alpha value is -0.220. The Balaban J connectivity index is 1.52. The van der Waals surface area contributed by atoms with Crippen LogP contribution in [0.25, 0.3) is 0 Å². The molecule has 3 aliphatic rings. The SMILES string of the molecule is CCSC1CCC(N2CCC(NC3CC3)C2=O)C1. The molecule has 0 spiro atoms. The van der Waals surface area contributed by atoms with Crippen LogP contribution in [-0.2, 0) is 4.79 Å². The zero-order valence-corrected chi connectivity index (χ0v) is 12.0. The molecule has 1 saturated heterocycles. The van der Waals surface area contributed by atoms with Crippen molar-refractivity contribution in [1.29, 1.82) is 0 Å². The molecule has 1 aliphatic heterocycles. The van der Waals surface area contributed by atoms with Crippen molar-refractivity contribution < 1.29 is 4.79 Å². The summed E-state index contributed by atoms with van der Waals surface area (Å²) >= 11 is 2.07.